The number of aliphatic carboxylic acids is 1. The molecule has 15 heteroatoms. The normalized spacial score (nSPS) is 16.1. The number of urea groups is 1. The molecule has 0 aromatic heterocycles. The Morgan fingerprint density at radius 3 is 2.25 bits per heavy atom. The number of sulfonamides is 1. The third kappa shape index (κ3) is 10.6. The molecule has 3 aromatic rings. The van der Waals surface area contributed by atoms with Gasteiger partial charge < -0.3 is 31.3 Å². The molecule has 3 aromatic carbocycles. The predicted octanol–water partition coefficient (Wildman–Crippen LogP) is 3.98. The molecule has 5 N–H and O–H groups in total. The maximum absolute atomic E-state index is 13.5. The number of anilines is 2. The Balaban J connectivity index is 1.31. The summed E-state index contributed by atoms with van der Waals surface area (Å²) in [7, 11) is -2.43. The number of carboxylic acid groups (broad SMARTS) is 1. The van der Waals surface area contributed by atoms with Gasteiger partial charge in [0, 0.05) is 31.5 Å². The fourth-order valence-electron chi connectivity index (χ4n) is 6.18. The van der Waals surface area contributed by atoms with Gasteiger partial charge in [0.05, 0.1) is 11.3 Å². The largest absolute Gasteiger partial charge is 0.480 e. The molecule has 1 aliphatic rings. The minimum Gasteiger partial charge on any atom is -0.480 e. The molecule has 1 saturated heterocycles. The van der Waals surface area contributed by atoms with Crippen molar-refractivity contribution in [3.8, 4) is 0 Å². The van der Waals surface area contributed by atoms with Crippen LogP contribution in [0.15, 0.2) is 83.8 Å². The first kappa shape index (κ1) is 40.5. The zero-order chi connectivity index (χ0) is 38.7. The highest BCUT2D eigenvalue weighted by molar-refractivity contribution is 7.89. The summed E-state index contributed by atoms with van der Waals surface area (Å²) in [6.07, 6.45) is 1.09. The smallest absolute Gasteiger partial charge is 0.326 e. The van der Waals surface area contributed by atoms with Crippen molar-refractivity contribution in [2.75, 3.05) is 30.8 Å². The summed E-state index contributed by atoms with van der Waals surface area (Å²) < 4.78 is 27.5. The van der Waals surface area contributed by atoms with Crippen LogP contribution in [0.2, 0.25) is 0 Å². The second-order valence-electron chi connectivity index (χ2n) is 13.2. The number of para-hydroxylation sites is 1. The van der Waals surface area contributed by atoms with E-state index in [2.05, 4.69) is 21.3 Å². The fraction of sp³-hybridized carbons (Fsp3) is 0.395. The van der Waals surface area contributed by atoms with E-state index in [1.807, 2.05) is 39.0 Å². The highest BCUT2D eigenvalue weighted by Crippen LogP contribution is 2.26. The topological polar surface area (TPSA) is 194 Å². The molecule has 1 heterocycles. The number of nitrogens with zero attached hydrogens (tertiary/aromatic N) is 2. The number of carbonyl (C=O) groups is 5. The molecule has 4 rings (SSSR count). The molecule has 0 bridgehead atoms. The summed E-state index contributed by atoms with van der Waals surface area (Å²) in [6.45, 7) is 5.63. The average Bonchev–Trinajstić information content (AvgIpc) is 3.65. The van der Waals surface area contributed by atoms with Crippen LogP contribution in [0, 0.1) is 12.8 Å². The second-order valence-corrected chi connectivity index (χ2v) is 15.1. The lowest BCUT2D eigenvalue weighted by Crippen LogP contribution is -2.53. The Morgan fingerprint density at radius 1 is 0.943 bits per heavy atom. The number of carbonyl (C=O) groups excluding carboxylic acids is 4. The Labute approximate surface area is 310 Å². The number of likely N-dealkylation sites (N-methyl/N-ethyl adjacent to an activating group) is 1. The quantitative estimate of drug-likeness (QED) is 0.145. The first-order valence-corrected chi connectivity index (χ1v) is 19.0. The molecule has 1 aliphatic heterocycles. The Bertz CT molecular complexity index is 1870. The Morgan fingerprint density at radius 2 is 1.60 bits per heavy atom. The summed E-state index contributed by atoms with van der Waals surface area (Å²) in [5.74, 6) is -3.08. The molecule has 53 heavy (non-hydrogen) atoms. The number of rotatable bonds is 16. The zero-order valence-electron chi connectivity index (χ0n) is 30.4. The van der Waals surface area contributed by atoms with Crippen LogP contribution in [-0.2, 0) is 35.6 Å². The van der Waals surface area contributed by atoms with Crippen molar-refractivity contribution in [2.24, 2.45) is 5.92 Å². The lowest BCUT2D eigenvalue weighted by molar-refractivity contribution is -0.142. The van der Waals surface area contributed by atoms with E-state index in [0.29, 0.717) is 29.8 Å². The number of aryl methyl sites for hydroxylation is 1. The molecule has 0 spiro atoms. The lowest BCUT2D eigenvalue weighted by Gasteiger charge is -2.32. The highest BCUT2D eigenvalue weighted by atomic mass is 32.2. The van der Waals surface area contributed by atoms with Crippen molar-refractivity contribution in [2.45, 2.75) is 75.9 Å². The van der Waals surface area contributed by atoms with Crippen LogP contribution in [0.5, 0.6) is 0 Å². The van der Waals surface area contributed by atoms with Crippen LogP contribution in [-0.4, -0.2) is 90.7 Å². The number of carboxylic acids is 1. The number of nitrogens with one attached hydrogen (secondary N) is 4. The molecular weight excluding hydrogens is 701 g/mol. The fourth-order valence-corrected chi connectivity index (χ4v) is 7.86. The van der Waals surface area contributed by atoms with Gasteiger partial charge in [0.25, 0.3) is 0 Å². The molecular formula is C38H48N6O8S. The van der Waals surface area contributed by atoms with Gasteiger partial charge in [-0.1, -0.05) is 68.8 Å². The van der Waals surface area contributed by atoms with Crippen molar-refractivity contribution in [3.63, 3.8) is 0 Å². The van der Waals surface area contributed by atoms with Crippen molar-refractivity contribution in [3.05, 3.63) is 90.0 Å². The number of amides is 5. The van der Waals surface area contributed by atoms with Crippen molar-refractivity contribution in [1.82, 2.24) is 19.8 Å². The number of hydrogen-bond donors (Lipinski definition) is 5. The molecule has 14 nitrogen and oxygen atoms in total. The van der Waals surface area contributed by atoms with Crippen molar-refractivity contribution in [1.29, 1.82) is 0 Å². The highest BCUT2D eigenvalue weighted by Gasteiger charge is 2.40. The molecule has 1 unspecified atom stereocenters. The van der Waals surface area contributed by atoms with Gasteiger partial charge >= 0.3 is 12.0 Å². The lowest BCUT2D eigenvalue weighted by atomic mass is 9.96. The van der Waals surface area contributed by atoms with E-state index >= 15 is 0 Å². The Hall–Kier alpha value is -5.28. The van der Waals surface area contributed by atoms with Crippen LogP contribution in [0.4, 0.5) is 16.2 Å². The van der Waals surface area contributed by atoms with E-state index < -0.39 is 52.0 Å². The minimum absolute atomic E-state index is 0.00228. The molecule has 0 saturated carbocycles. The van der Waals surface area contributed by atoms with E-state index in [1.165, 1.54) is 17.0 Å². The van der Waals surface area contributed by atoms with Gasteiger partial charge in [-0.2, -0.15) is 4.31 Å². The third-order valence-corrected chi connectivity index (χ3v) is 11.3. The molecule has 284 valence electrons. The van der Waals surface area contributed by atoms with Gasteiger partial charge in [0.15, 0.2) is 0 Å². The minimum atomic E-state index is -3.97. The summed E-state index contributed by atoms with van der Waals surface area (Å²) >= 11 is 0. The van der Waals surface area contributed by atoms with Crippen LogP contribution in [0.25, 0.3) is 0 Å². The van der Waals surface area contributed by atoms with E-state index in [4.69, 9.17) is 0 Å². The maximum atomic E-state index is 13.5. The van der Waals surface area contributed by atoms with Gasteiger partial charge in [-0.25, -0.2) is 18.0 Å². The maximum Gasteiger partial charge on any atom is 0.326 e. The SMILES string of the molecule is CCC(C)[C@H](C(=O)NCC[C@H](NC(=O)[C@@H]1CCCN1S(=O)(=O)c1ccccc1)C(=O)O)N(C)C(=O)Cc1ccc(NC(=O)Nc2ccccc2C)cc1. The molecule has 5 amide bonds. The predicted molar refractivity (Wildman–Crippen MR) is 201 cm³/mol. The van der Waals surface area contributed by atoms with Gasteiger partial charge in [0.2, 0.25) is 27.7 Å². The molecule has 0 aliphatic carbocycles. The monoisotopic (exact) mass is 748 g/mol. The molecule has 1 fully saturated rings. The van der Waals surface area contributed by atoms with E-state index in [1.54, 1.807) is 55.6 Å². The van der Waals surface area contributed by atoms with Crippen LogP contribution in [0.3, 0.4) is 0 Å². The summed E-state index contributed by atoms with van der Waals surface area (Å²) in [5.41, 5.74) is 2.82. The molecule has 0 radical (unpaired) electrons. The zero-order valence-corrected chi connectivity index (χ0v) is 31.2. The Kier molecular flexibility index (Phi) is 14.1. The summed E-state index contributed by atoms with van der Waals surface area (Å²) in [5, 5.41) is 20.6. The number of benzene rings is 3. The summed E-state index contributed by atoms with van der Waals surface area (Å²) in [6, 6.07) is 18.2. The van der Waals surface area contributed by atoms with Gasteiger partial charge in [-0.3, -0.25) is 14.4 Å². The van der Waals surface area contributed by atoms with Gasteiger partial charge in [0.1, 0.15) is 18.1 Å². The van der Waals surface area contributed by atoms with Crippen LogP contribution in [0.1, 0.15) is 50.7 Å². The standard InChI is InChI=1S/C38H48N6O8S/c1-5-25(2)34(43(4)33(45)24-27-17-19-28(20-18-27)40-38(50)42-30-15-10-9-12-26(30)3)36(47)39-22-21-31(37(48)49)41-35(46)32-16-11-23-44(32)53(51,52)29-13-7-6-8-14-29/h6-10,12-15,17-20,25,31-32,34H,5,11,16,21-24H2,1-4H3,(H,39,47)(H,41,46)(H,48,49)(H2,40,42,50)/t25?,31-,32-,34+/m0/s1. The van der Waals surface area contributed by atoms with Gasteiger partial charge in [-0.15, -0.1) is 0 Å². The van der Waals surface area contributed by atoms with Crippen molar-refractivity contribution < 1.29 is 37.5 Å². The van der Waals surface area contributed by atoms with Crippen LogP contribution < -0.4 is 21.3 Å². The average molecular weight is 749 g/mol. The first-order chi connectivity index (χ1) is 25.2. The van der Waals surface area contributed by atoms with Gasteiger partial charge in [-0.05, 0) is 73.6 Å². The second kappa shape index (κ2) is 18.5. The van der Waals surface area contributed by atoms with E-state index in [0.717, 1.165) is 9.87 Å². The van der Waals surface area contributed by atoms with E-state index in [9.17, 15) is 37.5 Å². The van der Waals surface area contributed by atoms with Crippen LogP contribution >= 0.6 is 0 Å². The number of hydrogen-bond acceptors (Lipinski definition) is 7. The first-order valence-electron chi connectivity index (χ1n) is 17.6. The van der Waals surface area contributed by atoms with Crippen molar-refractivity contribution >= 4 is 51.1 Å². The molecule has 4 atom stereocenters. The third-order valence-electron chi connectivity index (χ3n) is 9.43. The summed E-state index contributed by atoms with van der Waals surface area (Å²) in [4.78, 5) is 66.0. The van der Waals surface area contributed by atoms with E-state index in [-0.39, 0.29) is 49.1 Å².